The average molecular weight is 412 g/mol. The van der Waals surface area contributed by atoms with Gasteiger partial charge in [-0.15, -0.1) is 0 Å². The third-order valence-corrected chi connectivity index (χ3v) is 7.68. The maximum Gasteiger partial charge on any atom is 0.320 e. The van der Waals surface area contributed by atoms with Crippen LogP contribution in [-0.4, -0.2) is 42.3 Å². The zero-order valence-corrected chi connectivity index (χ0v) is 17.7. The monoisotopic (exact) mass is 412 g/mol. The predicted octanol–water partition coefficient (Wildman–Crippen LogP) is 3.03. The topological polar surface area (TPSA) is 99.1 Å². The molecule has 4 aliphatic carbocycles. The highest BCUT2D eigenvalue weighted by Crippen LogP contribution is 2.58. The molecule has 30 heavy (non-hydrogen) atoms. The summed E-state index contributed by atoms with van der Waals surface area (Å²) >= 11 is 0. The van der Waals surface area contributed by atoms with Gasteiger partial charge in [-0.05, 0) is 63.2 Å². The summed E-state index contributed by atoms with van der Waals surface area (Å²) in [5.74, 6) is 1.65. The lowest BCUT2D eigenvalue weighted by atomic mass is 9.53. The fraction of sp³-hybridized carbons (Fsp3) is 0.667. The van der Waals surface area contributed by atoms with Gasteiger partial charge in [0, 0.05) is 31.9 Å². The van der Waals surface area contributed by atoms with E-state index in [-0.39, 0.29) is 16.9 Å². The summed E-state index contributed by atoms with van der Waals surface area (Å²) in [6.07, 6.45) is 10.2. The first-order valence-electron chi connectivity index (χ1n) is 10.7. The van der Waals surface area contributed by atoms with Crippen LogP contribution < -0.4 is 0 Å². The van der Waals surface area contributed by atoms with E-state index in [0.29, 0.717) is 24.3 Å². The highest BCUT2D eigenvalue weighted by atomic mass is 16.6. The Morgan fingerprint density at radius 1 is 1.27 bits per heavy atom. The average Bonchev–Trinajstić information content (AvgIpc) is 3.26. The summed E-state index contributed by atoms with van der Waals surface area (Å²) in [5, 5.41) is 20.6. The van der Waals surface area contributed by atoms with Gasteiger partial charge in [-0.1, -0.05) is 0 Å². The van der Waals surface area contributed by atoms with Crippen molar-refractivity contribution in [1.82, 2.24) is 24.5 Å². The van der Waals surface area contributed by atoms with Crippen LogP contribution in [0.15, 0.2) is 12.4 Å². The van der Waals surface area contributed by atoms with Crippen molar-refractivity contribution in [3.8, 4) is 0 Å². The number of aromatic nitrogens is 4. The number of hydrogen-bond acceptors (Lipinski definition) is 5. The minimum Gasteiger partial charge on any atom is -0.336 e. The van der Waals surface area contributed by atoms with Gasteiger partial charge in [-0.3, -0.25) is 24.3 Å². The van der Waals surface area contributed by atoms with Gasteiger partial charge < -0.3 is 4.90 Å². The maximum absolute atomic E-state index is 13.2. The molecule has 1 amide bonds. The second kappa shape index (κ2) is 6.65. The third kappa shape index (κ3) is 2.94. The Morgan fingerprint density at radius 2 is 1.87 bits per heavy atom. The number of carbonyl (C=O) groups is 1. The van der Waals surface area contributed by atoms with Crippen molar-refractivity contribution in [3.63, 3.8) is 0 Å². The van der Waals surface area contributed by atoms with Crippen LogP contribution in [0.1, 0.15) is 60.3 Å². The second-order valence-corrected chi connectivity index (χ2v) is 9.75. The van der Waals surface area contributed by atoms with Gasteiger partial charge in [-0.25, -0.2) is 0 Å². The summed E-state index contributed by atoms with van der Waals surface area (Å²) in [7, 11) is 3.50. The molecule has 0 saturated heterocycles. The molecule has 0 N–H and O–H groups in total. The molecule has 9 heteroatoms. The van der Waals surface area contributed by atoms with Crippen molar-refractivity contribution in [1.29, 1.82) is 0 Å². The second-order valence-electron chi connectivity index (χ2n) is 9.75. The van der Waals surface area contributed by atoms with Crippen LogP contribution in [0.2, 0.25) is 0 Å². The molecule has 4 fully saturated rings. The molecular formula is C21H28N6O3. The van der Waals surface area contributed by atoms with Crippen LogP contribution in [0.3, 0.4) is 0 Å². The van der Waals surface area contributed by atoms with E-state index < -0.39 is 10.8 Å². The Balaban J connectivity index is 1.45. The molecule has 0 spiro atoms. The first kappa shape index (κ1) is 19.3. The minimum atomic E-state index is -0.472. The molecule has 4 aliphatic rings. The molecule has 2 aromatic heterocycles. The highest BCUT2D eigenvalue weighted by Gasteiger charge is 2.53. The fourth-order valence-corrected chi connectivity index (χ4v) is 6.45. The summed E-state index contributed by atoms with van der Waals surface area (Å²) in [6.45, 7) is 2.27. The van der Waals surface area contributed by atoms with E-state index in [1.54, 1.807) is 22.6 Å². The van der Waals surface area contributed by atoms with E-state index in [4.69, 9.17) is 0 Å². The molecule has 4 bridgehead atoms. The molecule has 9 nitrogen and oxygen atoms in total. The number of aryl methyl sites for hydroxylation is 1. The fourth-order valence-electron chi connectivity index (χ4n) is 6.45. The van der Waals surface area contributed by atoms with Gasteiger partial charge in [0.05, 0.1) is 16.7 Å². The largest absolute Gasteiger partial charge is 0.336 e. The Morgan fingerprint density at radius 3 is 2.37 bits per heavy atom. The van der Waals surface area contributed by atoms with Crippen molar-refractivity contribution in [3.05, 3.63) is 39.5 Å². The van der Waals surface area contributed by atoms with E-state index in [9.17, 15) is 14.9 Å². The summed E-state index contributed by atoms with van der Waals surface area (Å²) in [5.41, 5.74) is 1.47. The third-order valence-electron chi connectivity index (χ3n) is 7.68. The van der Waals surface area contributed by atoms with Crippen LogP contribution in [-0.2, 0) is 19.1 Å². The molecule has 0 aromatic carbocycles. The van der Waals surface area contributed by atoms with E-state index in [2.05, 4.69) is 10.2 Å². The number of rotatable bonds is 5. The van der Waals surface area contributed by atoms with Gasteiger partial charge in [-0.2, -0.15) is 10.2 Å². The zero-order chi connectivity index (χ0) is 21.2. The van der Waals surface area contributed by atoms with Gasteiger partial charge >= 0.3 is 5.69 Å². The lowest BCUT2D eigenvalue weighted by Crippen LogP contribution is -2.52. The SMILES string of the molecule is Cc1c(CN(C)C(=O)c2nn(C34CC5CC(CC(C5)C3)C4)cc2[N+](=O)[O-])cnn1C. The molecule has 0 radical (unpaired) electrons. The Hall–Kier alpha value is -2.71. The molecule has 4 saturated carbocycles. The smallest absolute Gasteiger partial charge is 0.320 e. The van der Waals surface area contributed by atoms with E-state index in [0.717, 1.165) is 30.5 Å². The van der Waals surface area contributed by atoms with Crippen molar-refractivity contribution in [2.75, 3.05) is 7.05 Å². The first-order valence-corrected chi connectivity index (χ1v) is 10.7. The Kier molecular flexibility index (Phi) is 4.27. The number of hydrogen-bond donors (Lipinski definition) is 0. The van der Waals surface area contributed by atoms with E-state index in [1.807, 2.05) is 14.0 Å². The van der Waals surface area contributed by atoms with Gasteiger partial charge in [0.25, 0.3) is 5.91 Å². The Labute approximate surface area is 175 Å². The van der Waals surface area contributed by atoms with Crippen LogP contribution in [0.5, 0.6) is 0 Å². The Bertz CT molecular complexity index is 987. The van der Waals surface area contributed by atoms with Gasteiger partial charge in [0.2, 0.25) is 5.69 Å². The molecule has 6 rings (SSSR count). The minimum absolute atomic E-state index is 0.0558. The maximum atomic E-state index is 13.2. The van der Waals surface area contributed by atoms with Crippen molar-refractivity contribution < 1.29 is 9.72 Å². The number of nitrogens with zero attached hydrogens (tertiary/aromatic N) is 6. The van der Waals surface area contributed by atoms with Gasteiger partial charge in [0.15, 0.2) is 0 Å². The molecular weight excluding hydrogens is 384 g/mol. The van der Waals surface area contributed by atoms with E-state index >= 15 is 0 Å². The summed E-state index contributed by atoms with van der Waals surface area (Å²) in [4.78, 5) is 25.9. The number of nitro groups is 1. The van der Waals surface area contributed by atoms with Crippen molar-refractivity contribution >= 4 is 11.6 Å². The lowest BCUT2D eigenvalue weighted by Gasteiger charge is -2.56. The molecule has 2 heterocycles. The number of amides is 1. The molecule has 0 aliphatic heterocycles. The molecule has 0 unspecified atom stereocenters. The van der Waals surface area contributed by atoms with Crippen LogP contribution in [0, 0.1) is 34.8 Å². The standard InChI is InChI=1S/C21H28N6O3/c1-13-17(10-22-25(13)3)11-24(2)20(28)19-18(27(29)30)12-26(23-19)21-7-14-4-15(8-21)6-16(5-14)9-21/h10,12,14-16H,4-9,11H2,1-3H3. The summed E-state index contributed by atoms with van der Waals surface area (Å²) in [6, 6.07) is 0. The lowest BCUT2D eigenvalue weighted by molar-refractivity contribution is -0.385. The predicted molar refractivity (Wildman–Crippen MR) is 109 cm³/mol. The first-order chi connectivity index (χ1) is 14.3. The van der Waals surface area contributed by atoms with E-state index in [1.165, 1.54) is 30.4 Å². The van der Waals surface area contributed by atoms with Crippen LogP contribution >= 0.6 is 0 Å². The van der Waals surface area contributed by atoms with Crippen molar-refractivity contribution in [2.24, 2.45) is 24.8 Å². The number of carbonyl (C=O) groups excluding carboxylic acids is 1. The zero-order valence-electron chi connectivity index (χ0n) is 17.7. The van der Waals surface area contributed by atoms with Crippen molar-refractivity contribution in [2.45, 2.75) is 57.5 Å². The highest BCUT2D eigenvalue weighted by molar-refractivity contribution is 5.95. The molecule has 2 aromatic rings. The van der Waals surface area contributed by atoms with Crippen LogP contribution in [0.25, 0.3) is 0 Å². The van der Waals surface area contributed by atoms with Crippen LogP contribution in [0.4, 0.5) is 5.69 Å². The normalized spacial score (nSPS) is 29.4. The quantitative estimate of drug-likeness (QED) is 0.555. The van der Waals surface area contributed by atoms with Gasteiger partial charge in [0.1, 0.15) is 6.20 Å². The summed E-state index contributed by atoms with van der Waals surface area (Å²) < 4.78 is 3.55. The molecule has 0 atom stereocenters. The molecule has 160 valence electrons.